The Bertz CT molecular complexity index is 1430. The summed E-state index contributed by atoms with van der Waals surface area (Å²) in [5, 5.41) is 9.90. The van der Waals surface area contributed by atoms with Crippen LogP contribution < -0.4 is 5.56 Å². The van der Waals surface area contributed by atoms with Gasteiger partial charge in [0.1, 0.15) is 5.82 Å². The molecule has 5 aromatic rings. The minimum absolute atomic E-state index is 0.281. The Balaban J connectivity index is 1.75. The number of aromatic amines is 3. The van der Waals surface area contributed by atoms with Gasteiger partial charge in [-0.25, -0.2) is 9.97 Å². The lowest BCUT2D eigenvalue weighted by molar-refractivity contribution is 1.17. The van der Waals surface area contributed by atoms with E-state index in [2.05, 4.69) is 31.0 Å². The monoisotopic (exact) mass is 340 g/mol. The molecule has 3 N–H and O–H groups in total. The first-order chi connectivity index (χ1) is 12.6. The molecule has 0 aliphatic heterocycles. The Kier molecular flexibility index (Phi) is 2.79. The fraction of sp³-hybridized carbons (Fsp3) is 0.0526. The van der Waals surface area contributed by atoms with Gasteiger partial charge in [0.25, 0.3) is 5.56 Å². The van der Waals surface area contributed by atoms with Crippen LogP contribution in [-0.2, 0) is 0 Å². The van der Waals surface area contributed by atoms with Crippen molar-refractivity contribution >= 4 is 33.0 Å². The minimum atomic E-state index is -0.281. The number of imidazole rings is 1. The molecule has 0 saturated carbocycles. The van der Waals surface area contributed by atoms with Crippen LogP contribution in [-0.4, -0.2) is 24.9 Å². The lowest BCUT2D eigenvalue weighted by Crippen LogP contribution is -2.11. The van der Waals surface area contributed by atoms with Gasteiger partial charge in [0.2, 0.25) is 0 Å². The summed E-state index contributed by atoms with van der Waals surface area (Å²) in [4.78, 5) is 30.7. The summed E-state index contributed by atoms with van der Waals surface area (Å²) in [7, 11) is 0. The van der Waals surface area contributed by atoms with E-state index in [-0.39, 0.29) is 5.56 Å². The van der Waals surface area contributed by atoms with Crippen LogP contribution in [0, 0.1) is 18.3 Å². The topological polar surface area (TPSA) is 114 Å². The third kappa shape index (κ3) is 2.09. The molecule has 0 bridgehead atoms. The van der Waals surface area contributed by atoms with Crippen LogP contribution in [0.2, 0.25) is 0 Å². The van der Waals surface area contributed by atoms with Crippen molar-refractivity contribution in [3.8, 4) is 17.5 Å². The maximum Gasteiger partial charge on any atom is 0.276 e. The number of rotatable bonds is 1. The summed E-state index contributed by atoms with van der Waals surface area (Å²) in [5.41, 5.74) is 5.02. The van der Waals surface area contributed by atoms with Crippen LogP contribution in [0.3, 0.4) is 0 Å². The molecule has 0 amide bonds. The number of fused-ring (bicyclic) bond motifs is 3. The van der Waals surface area contributed by atoms with Gasteiger partial charge >= 0.3 is 0 Å². The summed E-state index contributed by atoms with van der Waals surface area (Å²) in [6.45, 7) is 1.88. The third-order valence-corrected chi connectivity index (χ3v) is 4.42. The molecule has 0 spiro atoms. The number of hydrogen-bond acceptors (Lipinski definition) is 4. The number of nitrogens with one attached hydrogen (secondary N) is 3. The molecule has 124 valence electrons. The van der Waals surface area contributed by atoms with Gasteiger partial charge in [-0.15, -0.1) is 0 Å². The fourth-order valence-corrected chi connectivity index (χ4v) is 3.23. The summed E-state index contributed by atoms with van der Waals surface area (Å²) >= 11 is 0. The first-order valence-electron chi connectivity index (χ1n) is 8.04. The molecule has 3 heterocycles. The number of benzene rings is 2. The van der Waals surface area contributed by atoms with Gasteiger partial charge in [0.05, 0.1) is 39.4 Å². The van der Waals surface area contributed by atoms with E-state index in [9.17, 15) is 4.79 Å². The summed E-state index contributed by atoms with van der Waals surface area (Å²) in [6.07, 6.45) is 0. The summed E-state index contributed by atoms with van der Waals surface area (Å²) in [5.74, 6) is 0.807. The molecule has 26 heavy (non-hydrogen) atoms. The maximum absolute atomic E-state index is 12.6. The van der Waals surface area contributed by atoms with Gasteiger partial charge in [-0.2, -0.15) is 5.26 Å². The molecule has 0 aliphatic carbocycles. The Morgan fingerprint density at radius 1 is 0.923 bits per heavy atom. The number of nitrogens with zero attached hydrogens (tertiary/aromatic N) is 3. The molecule has 3 aromatic heterocycles. The van der Waals surface area contributed by atoms with Crippen LogP contribution in [0.5, 0.6) is 0 Å². The molecule has 7 nitrogen and oxygen atoms in total. The number of H-pyrrole nitrogens is 3. The van der Waals surface area contributed by atoms with E-state index in [1.165, 1.54) is 0 Å². The zero-order valence-electron chi connectivity index (χ0n) is 13.7. The quantitative estimate of drug-likeness (QED) is 0.435. The molecular formula is C19H12N6O. The van der Waals surface area contributed by atoms with Crippen LogP contribution in [0.1, 0.15) is 11.4 Å². The van der Waals surface area contributed by atoms with Crippen molar-refractivity contribution < 1.29 is 0 Å². The van der Waals surface area contributed by atoms with Crippen LogP contribution >= 0.6 is 0 Å². The Hall–Kier alpha value is -3.92. The van der Waals surface area contributed by atoms with E-state index in [0.29, 0.717) is 28.0 Å². The van der Waals surface area contributed by atoms with E-state index in [0.717, 1.165) is 27.8 Å². The smallest absolute Gasteiger partial charge is 0.276 e. The Morgan fingerprint density at radius 2 is 1.69 bits per heavy atom. The molecule has 0 saturated heterocycles. The first kappa shape index (κ1) is 14.4. The van der Waals surface area contributed by atoms with E-state index in [1.54, 1.807) is 12.1 Å². The van der Waals surface area contributed by atoms with E-state index in [4.69, 9.17) is 5.26 Å². The third-order valence-electron chi connectivity index (χ3n) is 4.42. The number of nitriles is 1. The predicted octanol–water partition coefficient (Wildman–Crippen LogP) is 3.13. The minimum Gasteiger partial charge on any atom is -0.353 e. The predicted molar refractivity (Wildman–Crippen MR) is 98.8 cm³/mol. The van der Waals surface area contributed by atoms with Crippen molar-refractivity contribution in [2.75, 3.05) is 0 Å². The van der Waals surface area contributed by atoms with Crippen molar-refractivity contribution in [2.45, 2.75) is 6.92 Å². The molecule has 7 heteroatoms. The average Bonchev–Trinajstić information content (AvgIpc) is 3.20. The number of aryl methyl sites for hydroxylation is 1. The molecular weight excluding hydrogens is 328 g/mol. The lowest BCUT2D eigenvalue weighted by Gasteiger charge is -2.01. The van der Waals surface area contributed by atoms with E-state index < -0.39 is 0 Å². The van der Waals surface area contributed by atoms with Crippen molar-refractivity contribution in [1.29, 1.82) is 5.26 Å². The largest absolute Gasteiger partial charge is 0.353 e. The standard InChI is InChI=1S/C19H12N6O/c1-9-21-13-6-15-16(7-14(13)22-9)25-19(26)18(24-15)17-5-11-4-10(8-20)2-3-12(11)23-17/h2-7,23H,1H3,(H,21,22)(H,25,26). The van der Waals surface area contributed by atoms with Gasteiger partial charge in [0, 0.05) is 10.9 Å². The highest BCUT2D eigenvalue weighted by molar-refractivity contribution is 5.92. The van der Waals surface area contributed by atoms with Crippen molar-refractivity contribution in [3.63, 3.8) is 0 Å². The molecule has 0 atom stereocenters. The summed E-state index contributed by atoms with van der Waals surface area (Å²) < 4.78 is 0. The molecule has 0 unspecified atom stereocenters. The van der Waals surface area contributed by atoms with Crippen molar-refractivity contribution in [3.05, 3.63) is 58.1 Å². The highest BCUT2D eigenvalue weighted by Crippen LogP contribution is 2.24. The van der Waals surface area contributed by atoms with Gasteiger partial charge in [-0.3, -0.25) is 4.79 Å². The number of hydrogen-bond donors (Lipinski definition) is 3. The molecule has 0 radical (unpaired) electrons. The zero-order chi connectivity index (χ0) is 17.8. The van der Waals surface area contributed by atoms with Crippen molar-refractivity contribution in [2.24, 2.45) is 0 Å². The molecule has 5 rings (SSSR count). The molecule has 0 aliphatic rings. The fourth-order valence-electron chi connectivity index (χ4n) is 3.23. The normalized spacial score (nSPS) is 11.4. The average molecular weight is 340 g/mol. The van der Waals surface area contributed by atoms with Crippen molar-refractivity contribution in [1.82, 2.24) is 24.9 Å². The second kappa shape index (κ2) is 5.04. The number of aromatic nitrogens is 5. The van der Waals surface area contributed by atoms with Crippen LogP contribution in [0.4, 0.5) is 0 Å². The van der Waals surface area contributed by atoms with E-state index >= 15 is 0 Å². The van der Waals surface area contributed by atoms with Crippen LogP contribution in [0.15, 0.2) is 41.2 Å². The van der Waals surface area contributed by atoms with Gasteiger partial charge in [-0.1, -0.05) is 0 Å². The van der Waals surface area contributed by atoms with Gasteiger partial charge in [0.15, 0.2) is 5.69 Å². The molecule has 2 aromatic carbocycles. The Morgan fingerprint density at radius 3 is 2.50 bits per heavy atom. The second-order valence-corrected chi connectivity index (χ2v) is 6.22. The second-order valence-electron chi connectivity index (χ2n) is 6.22. The Labute approximate surface area is 146 Å². The summed E-state index contributed by atoms with van der Waals surface area (Å²) in [6, 6.07) is 13.0. The zero-order valence-corrected chi connectivity index (χ0v) is 13.7. The molecule has 0 fully saturated rings. The lowest BCUT2D eigenvalue weighted by atomic mass is 10.1. The van der Waals surface area contributed by atoms with E-state index in [1.807, 2.05) is 31.2 Å². The maximum atomic E-state index is 12.6. The highest BCUT2D eigenvalue weighted by atomic mass is 16.1. The highest BCUT2D eigenvalue weighted by Gasteiger charge is 2.12. The van der Waals surface area contributed by atoms with Gasteiger partial charge < -0.3 is 15.0 Å². The first-order valence-corrected chi connectivity index (χ1v) is 8.04. The SMILES string of the molecule is Cc1nc2cc3[nH]c(=O)c(-c4cc5cc(C#N)ccc5[nH]4)nc3cc2[nH]1. The van der Waals surface area contributed by atoms with Gasteiger partial charge in [-0.05, 0) is 43.3 Å². The van der Waals surface area contributed by atoms with Crippen LogP contribution in [0.25, 0.3) is 44.4 Å².